The SMILES string of the molecule is CC(=O)C1CCCc2cc(N3CC[C@](O)(C(=O)CCc4cc(F)cc(Cl)c4)C3=O)ccc21. The Kier molecular flexibility index (Phi) is 6.19. The monoisotopic (exact) mass is 457 g/mol. The van der Waals surface area contributed by atoms with Crippen molar-refractivity contribution in [1.29, 1.82) is 0 Å². The first-order chi connectivity index (χ1) is 15.2. The largest absolute Gasteiger partial charge is 0.373 e. The summed E-state index contributed by atoms with van der Waals surface area (Å²) in [6.07, 6.45) is 2.64. The molecule has 2 aromatic rings. The van der Waals surface area contributed by atoms with Crippen molar-refractivity contribution in [3.05, 3.63) is 63.9 Å². The summed E-state index contributed by atoms with van der Waals surface area (Å²) in [5, 5.41) is 11.1. The van der Waals surface area contributed by atoms with E-state index in [2.05, 4.69) is 0 Å². The summed E-state index contributed by atoms with van der Waals surface area (Å²) in [7, 11) is 0. The molecule has 1 amide bonds. The lowest BCUT2D eigenvalue weighted by atomic mass is 9.80. The number of carbonyl (C=O) groups is 3. The number of amides is 1. The molecule has 1 heterocycles. The molecule has 168 valence electrons. The highest BCUT2D eigenvalue weighted by Gasteiger charge is 2.50. The molecule has 1 fully saturated rings. The van der Waals surface area contributed by atoms with Gasteiger partial charge in [-0.3, -0.25) is 14.4 Å². The maximum atomic E-state index is 13.5. The van der Waals surface area contributed by atoms with Crippen LogP contribution in [0.5, 0.6) is 0 Å². The zero-order valence-electron chi connectivity index (χ0n) is 17.9. The summed E-state index contributed by atoms with van der Waals surface area (Å²) >= 11 is 5.85. The number of Topliss-reactive ketones (excluding diaryl/α,β-unsaturated/α-hetero) is 2. The zero-order valence-corrected chi connectivity index (χ0v) is 18.6. The average Bonchev–Trinajstić information content (AvgIpc) is 3.06. The second-order valence-electron chi connectivity index (χ2n) is 8.71. The van der Waals surface area contributed by atoms with E-state index in [-0.39, 0.29) is 42.5 Å². The predicted molar refractivity (Wildman–Crippen MR) is 119 cm³/mol. The van der Waals surface area contributed by atoms with Crippen LogP contribution in [0.1, 0.15) is 55.2 Å². The van der Waals surface area contributed by atoms with Crippen LogP contribution in [0.15, 0.2) is 36.4 Å². The van der Waals surface area contributed by atoms with Crippen LogP contribution in [-0.4, -0.2) is 34.7 Å². The minimum Gasteiger partial charge on any atom is -0.373 e. The van der Waals surface area contributed by atoms with Crippen LogP contribution in [0.4, 0.5) is 10.1 Å². The molecule has 2 aromatic carbocycles. The molecule has 0 bridgehead atoms. The number of aliphatic hydroxyl groups is 1. The number of hydrogen-bond donors (Lipinski definition) is 1. The smallest absolute Gasteiger partial charge is 0.266 e. The van der Waals surface area contributed by atoms with Crippen molar-refractivity contribution in [2.75, 3.05) is 11.4 Å². The molecule has 2 aliphatic rings. The van der Waals surface area contributed by atoms with Crippen molar-refractivity contribution in [2.45, 2.75) is 57.0 Å². The molecular formula is C25H25ClFNO4. The Balaban J connectivity index is 1.49. The Labute approximate surface area is 191 Å². The summed E-state index contributed by atoms with van der Waals surface area (Å²) in [5.41, 5.74) is 1.10. The molecule has 32 heavy (non-hydrogen) atoms. The Morgan fingerprint density at radius 1 is 1.25 bits per heavy atom. The molecule has 2 atom stereocenters. The van der Waals surface area contributed by atoms with Gasteiger partial charge in [-0.05, 0) is 79.6 Å². The van der Waals surface area contributed by atoms with Crippen molar-refractivity contribution in [1.82, 2.24) is 0 Å². The van der Waals surface area contributed by atoms with Crippen molar-refractivity contribution in [3.63, 3.8) is 0 Å². The Morgan fingerprint density at radius 3 is 2.75 bits per heavy atom. The van der Waals surface area contributed by atoms with E-state index >= 15 is 0 Å². The molecule has 0 aromatic heterocycles. The van der Waals surface area contributed by atoms with E-state index < -0.39 is 23.1 Å². The quantitative estimate of drug-likeness (QED) is 0.661. The number of anilines is 1. The maximum Gasteiger partial charge on any atom is 0.266 e. The zero-order chi connectivity index (χ0) is 23.0. The van der Waals surface area contributed by atoms with E-state index in [0.29, 0.717) is 11.3 Å². The first-order valence-electron chi connectivity index (χ1n) is 10.8. The minimum absolute atomic E-state index is 0.00172. The van der Waals surface area contributed by atoms with Crippen LogP contribution < -0.4 is 4.90 Å². The minimum atomic E-state index is -2.09. The number of halogens is 2. The van der Waals surface area contributed by atoms with Crippen LogP contribution in [-0.2, 0) is 27.2 Å². The Hall–Kier alpha value is -2.57. The van der Waals surface area contributed by atoms with Crippen LogP contribution in [0.2, 0.25) is 5.02 Å². The fourth-order valence-corrected chi connectivity index (χ4v) is 5.07. The first-order valence-corrected chi connectivity index (χ1v) is 11.2. The third-order valence-corrected chi connectivity index (χ3v) is 6.78. The molecule has 1 saturated heterocycles. The predicted octanol–water partition coefficient (Wildman–Crippen LogP) is 4.16. The number of carbonyl (C=O) groups excluding carboxylic acids is 3. The Bertz CT molecular complexity index is 1080. The van der Waals surface area contributed by atoms with Gasteiger partial charge in [0.2, 0.25) is 5.60 Å². The lowest BCUT2D eigenvalue weighted by molar-refractivity contribution is -0.147. The van der Waals surface area contributed by atoms with E-state index in [4.69, 9.17) is 11.6 Å². The number of hydrogen-bond acceptors (Lipinski definition) is 4. The summed E-state index contributed by atoms with van der Waals surface area (Å²) in [4.78, 5) is 39.2. The van der Waals surface area contributed by atoms with Gasteiger partial charge >= 0.3 is 0 Å². The van der Waals surface area contributed by atoms with Gasteiger partial charge in [0.1, 0.15) is 11.6 Å². The van der Waals surface area contributed by atoms with E-state index in [1.807, 2.05) is 12.1 Å². The molecule has 0 radical (unpaired) electrons. The molecular weight excluding hydrogens is 433 g/mol. The van der Waals surface area contributed by atoms with Crippen molar-refractivity contribution in [2.24, 2.45) is 0 Å². The number of aryl methyl sites for hydroxylation is 2. The summed E-state index contributed by atoms with van der Waals surface area (Å²) < 4.78 is 13.5. The highest BCUT2D eigenvalue weighted by molar-refractivity contribution is 6.30. The molecule has 5 nitrogen and oxygen atoms in total. The highest BCUT2D eigenvalue weighted by Crippen LogP contribution is 2.37. The molecule has 0 spiro atoms. The van der Waals surface area contributed by atoms with Gasteiger partial charge in [0, 0.05) is 36.0 Å². The first kappa shape index (κ1) is 22.6. The molecule has 1 aliphatic heterocycles. The molecule has 1 unspecified atom stereocenters. The fraction of sp³-hybridized carbons (Fsp3) is 0.400. The van der Waals surface area contributed by atoms with Gasteiger partial charge in [0.15, 0.2) is 5.78 Å². The van der Waals surface area contributed by atoms with E-state index in [1.54, 1.807) is 19.1 Å². The van der Waals surface area contributed by atoms with Gasteiger partial charge < -0.3 is 10.0 Å². The van der Waals surface area contributed by atoms with Gasteiger partial charge in [-0.2, -0.15) is 0 Å². The lowest BCUT2D eigenvalue weighted by Gasteiger charge is -2.26. The lowest BCUT2D eigenvalue weighted by Crippen LogP contribution is -2.47. The normalized spacial score (nSPS) is 22.7. The van der Waals surface area contributed by atoms with E-state index in [0.717, 1.165) is 30.4 Å². The third-order valence-electron chi connectivity index (χ3n) is 6.56. The Morgan fingerprint density at radius 2 is 2.03 bits per heavy atom. The molecule has 7 heteroatoms. The summed E-state index contributed by atoms with van der Waals surface area (Å²) in [6, 6.07) is 9.59. The van der Waals surface area contributed by atoms with Crippen molar-refractivity contribution < 1.29 is 23.9 Å². The highest BCUT2D eigenvalue weighted by atomic mass is 35.5. The van der Waals surface area contributed by atoms with Crippen molar-refractivity contribution in [3.8, 4) is 0 Å². The third kappa shape index (κ3) is 4.21. The van der Waals surface area contributed by atoms with Crippen LogP contribution >= 0.6 is 11.6 Å². The number of fused-ring (bicyclic) bond motifs is 1. The number of ketones is 2. The molecule has 1 aliphatic carbocycles. The number of benzene rings is 2. The van der Waals surface area contributed by atoms with Gasteiger partial charge in [-0.25, -0.2) is 4.39 Å². The van der Waals surface area contributed by atoms with Crippen molar-refractivity contribution >= 4 is 34.8 Å². The molecule has 4 rings (SSSR count). The average molecular weight is 458 g/mol. The van der Waals surface area contributed by atoms with Crippen LogP contribution in [0, 0.1) is 5.82 Å². The van der Waals surface area contributed by atoms with Crippen LogP contribution in [0.25, 0.3) is 0 Å². The van der Waals surface area contributed by atoms with Gasteiger partial charge in [0.05, 0.1) is 0 Å². The van der Waals surface area contributed by atoms with E-state index in [1.165, 1.54) is 17.0 Å². The second kappa shape index (κ2) is 8.75. The molecule has 0 saturated carbocycles. The van der Waals surface area contributed by atoms with E-state index in [9.17, 15) is 23.9 Å². The topological polar surface area (TPSA) is 74.7 Å². The van der Waals surface area contributed by atoms with Crippen LogP contribution in [0.3, 0.4) is 0 Å². The number of nitrogens with zero attached hydrogens (tertiary/aromatic N) is 1. The standard InChI is InChI=1S/C25H25ClFNO4/c1-15(29)21-4-2-3-17-13-20(6-7-22(17)21)28-10-9-25(32,24(28)31)23(30)8-5-16-11-18(26)14-19(27)12-16/h6-7,11-14,21,32H,2-5,8-10H2,1H3/t21?,25-/m0/s1. The molecule has 1 N–H and O–H groups in total. The fourth-order valence-electron chi connectivity index (χ4n) is 4.82. The van der Waals surface area contributed by atoms with Gasteiger partial charge in [-0.1, -0.05) is 17.7 Å². The van der Waals surface area contributed by atoms with Gasteiger partial charge in [0.25, 0.3) is 5.91 Å². The maximum absolute atomic E-state index is 13.5. The second-order valence-corrected chi connectivity index (χ2v) is 9.14. The summed E-state index contributed by atoms with van der Waals surface area (Å²) in [5.74, 6) is -1.70. The number of rotatable bonds is 6. The van der Waals surface area contributed by atoms with Gasteiger partial charge in [-0.15, -0.1) is 0 Å². The summed E-state index contributed by atoms with van der Waals surface area (Å²) in [6.45, 7) is 1.82.